The summed E-state index contributed by atoms with van der Waals surface area (Å²) in [6, 6.07) is 9.76. The van der Waals surface area contributed by atoms with Gasteiger partial charge in [-0.1, -0.05) is 58.0 Å². The van der Waals surface area contributed by atoms with Crippen molar-refractivity contribution in [2.24, 2.45) is 16.7 Å². The molecule has 1 N–H and O–H groups in total. The van der Waals surface area contributed by atoms with Gasteiger partial charge in [0.2, 0.25) is 0 Å². The zero-order chi connectivity index (χ0) is 19.7. The van der Waals surface area contributed by atoms with E-state index in [9.17, 15) is 4.79 Å². The van der Waals surface area contributed by atoms with Crippen LogP contribution in [0.5, 0.6) is 0 Å². The fourth-order valence-corrected chi connectivity index (χ4v) is 4.85. The van der Waals surface area contributed by atoms with Gasteiger partial charge in [0.25, 0.3) is 5.91 Å². The minimum atomic E-state index is -0.213. The highest BCUT2D eigenvalue weighted by Crippen LogP contribution is 2.55. The van der Waals surface area contributed by atoms with Crippen molar-refractivity contribution in [1.82, 2.24) is 15.0 Å². The van der Waals surface area contributed by atoms with Crippen LogP contribution in [0.3, 0.4) is 0 Å². The number of hydrogen-bond donors (Lipinski definition) is 1. The molecular formula is C22H32N4O. The molecule has 1 aromatic carbocycles. The van der Waals surface area contributed by atoms with E-state index in [1.165, 1.54) is 12.8 Å². The third-order valence-corrected chi connectivity index (χ3v) is 6.59. The maximum absolute atomic E-state index is 12.4. The lowest BCUT2D eigenvalue weighted by Gasteiger charge is -2.52. The van der Waals surface area contributed by atoms with Crippen molar-refractivity contribution in [2.75, 3.05) is 5.32 Å². The van der Waals surface area contributed by atoms with Gasteiger partial charge in [0.05, 0.1) is 12.2 Å². The molecule has 1 saturated carbocycles. The maximum Gasteiger partial charge on any atom is 0.277 e. The molecule has 0 atom stereocenters. The van der Waals surface area contributed by atoms with Gasteiger partial charge in [0, 0.05) is 5.69 Å². The Morgan fingerprint density at radius 1 is 1.19 bits per heavy atom. The monoisotopic (exact) mass is 368 g/mol. The molecule has 1 fully saturated rings. The largest absolute Gasteiger partial charge is 0.321 e. The van der Waals surface area contributed by atoms with Crippen molar-refractivity contribution in [3.8, 4) is 0 Å². The standard InChI is InChI=1S/C22H32N4O/c1-16(2)22(21(3,4)5)13-11-18(12-14-22)26-15-19(24-25-26)20(27)23-17-9-7-6-8-10-17/h6-10,15-16,18H,11-14H2,1-5H3,(H,23,27). The Kier molecular flexibility index (Phi) is 5.41. The summed E-state index contributed by atoms with van der Waals surface area (Å²) in [4.78, 5) is 12.4. The highest BCUT2D eigenvalue weighted by molar-refractivity contribution is 6.02. The van der Waals surface area contributed by atoms with Gasteiger partial charge >= 0.3 is 0 Å². The number of carbonyl (C=O) groups excluding carboxylic acids is 1. The van der Waals surface area contributed by atoms with E-state index < -0.39 is 0 Å². The van der Waals surface area contributed by atoms with Crippen LogP contribution in [0.4, 0.5) is 5.69 Å². The van der Waals surface area contributed by atoms with Crippen LogP contribution >= 0.6 is 0 Å². The Balaban J connectivity index is 1.67. The highest BCUT2D eigenvalue weighted by Gasteiger charge is 2.46. The third-order valence-electron chi connectivity index (χ3n) is 6.59. The van der Waals surface area contributed by atoms with Crippen molar-refractivity contribution in [1.29, 1.82) is 0 Å². The van der Waals surface area contributed by atoms with Gasteiger partial charge in [-0.15, -0.1) is 5.10 Å². The third kappa shape index (κ3) is 3.92. The number of aromatic nitrogens is 3. The molecule has 0 saturated heterocycles. The molecule has 5 heteroatoms. The molecule has 1 aliphatic carbocycles. The Morgan fingerprint density at radius 2 is 1.81 bits per heavy atom. The average Bonchev–Trinajstić information content (AvgIpc) is 3.12. The molecule has 1 aliphatic rings. The normalized spacial score (nSPS) is 23.4. The zero-order valence-electron chi connectivity index (χ0n) is 17.2. The van der Waals surface area contributed by atoms with Gasteiger partial charge in [-0.05, 0) is 54.6 Å². The molecule has 0 bridgehead atoms. The molecule has 27 heavy (non-hydrogen) atoms. The predicted molar refractivity (Wildman–Crippen MR) is 109 cm³/mol. The number of carbonyl (C=O) groups is 1. The van der Waals surface area contributed by atoms with E-state index in [-0.39, 0.29) is 11.3 Å². The summed E-state index contributed by atoms with van der Waals surface area (Å²) in [6.45, 7) is 11.8. The number of anilines is 1. The fourth-order valence-electron chi connectivity index (χ4n) is 4.85. The number of para-hydroxylation sites is 1. The van der Waals surface area contributed by atoms with Gasteiger partial charge in [-0.3, -0.25) is 4.79 Å². The lowest BCUT2D eigenvalue weighted by Crippen LogP contribution is -2.43. The Morgan fingerprint density at radius 3 is 2.37 bits per heavy atom. The Labute approximate surface area is 162 Å². The van der Waals surface area contributed by atoms with Crippen molar-refractivity contribution < 1.29 is 4.79 Å². The van der Waals surface area contributed by atoms with E-state index in [0.717, 1.165) is 18.5 Å². The number of benzene rings is 1. The van der Waals surface area contributed by atoms with Crippen LogP contribution in [0.15, 0.2) is 36.5 Å². The lowest BCUT2D eigenvalue weighted by molar-refractivity contribution is -0.0218. The molecule has 1 heterocycles. The number of rotatable bonds is 4. The van der Waals surface area contributed by atoms with Crippen LogP contribution in [-0.2, 0) is 0 Å². The first-order valence-electron chi connectivity index (χ1n) is 10.0. The zero-order valence-corrected chi connectivity index (χ0v) is 17.2. The van der Waals surface area contributed by atoms with Gasteiger partial charge in [-0.2, -0.15) is 0 Å². The predicted octanol–water partition coefficient (Wildman–Crippen LogP) is 5.33. The topological polar surface area (TPSA) is 59.8 Å². The molecule has 0 unspecified atom stereocenters. The van der Waals surface area contributed by atoms with Gasteiger partial charge in [0.15, 0.2) is 5.69 Å². The summed E-state index contributed by atoms with van der Waals surface area (Å²) in [5.74, 6) is 0.441. The first-order chi connectivity index (χ1) is 12.7. The van der Waals surface area contributed by atoms with E-state index in [1.54, 1.807) is 6.20 Å². The number of nitrogens with zero attached hydrogens (tertiary/aromatic N) is 3. The van der Waals surface area contributed by atoms with Crippen molar-refractivity contribution in [3.63, 3.8) is 0 Å². The summed E-state index contributed by atoms with van der Waals surface area (Å²) in [5.41, 5.74) is 1.78. The highest BCUT2D eigenvalue weighted by atomic mass is 16.2. The van der Waals surface area contributed by atoms with Crippen molar-refractivity contribution in [3.05, 3.63) is 42.2 Å². The molecule has 1 amide bonds. The number of nitrogens with one attached hydrogen (secondary N) is 1. The van der Waals surface area contributed by atoms with Crippen molar-refractivity contribution >= 4 is 11.6 Å². The smallest absolute Gasteiger partial charge is 0.277 e. The molecule has 5 nitrogen and oxygen atoms in total. The van der Waals surface area contributed by atoms with Crippen LogP contribution in [0.2, 0.25) is 0 Å². The first kappa shape index (κ1) is 19.6. The second-order valence-electron chi connectivity index (χ2n) is 9.20. The molecular weight excluding hydrogens is 336 g/mol. The molecule has 2 aromatic rings. The maximum atomic E-state index is 12.4. The van der Waals surface area contributed by atoms with Crippen LogP contribution in [0.1, 0.15) is 76.8 Å². The minimum Gasteiger partial charge on any atom is -0.321 e. The Bertz CT molecular complexity index is 765. The van der Waals surface area contributed by atoms with E-state index >= 15 is 0 Å². The van der Waals surface area contributed by atoms with E-state index in [4.69, 9.17) is 0 Å². The van der Waals surface area contributed by atoms with Gasteiger partial charge in [0.1, 0.15) is 0 Å². The average molecular weight is 369 g/mol. The molecule has 1 aromatic heterocycles. The molecule has 0 aliphatic heterocycles. The lowest BCUT2D eigenvalue weighted by atomic mass is 9.54. The van der Waals surface area contributed by atoms with E-state index in [1.807, 2.05) is 35.0 Å². The second-order valence-corrected chi connectivity index (χ2v) is 9.20. The second kappa shape index (κ2) is 7.45. The molecule has 0 spiro atoms. The minimum absolute atomic E-state index is 0.213. The fraction of sp³-hybridized carbons (Fsp3) is 0.591. The SMILES string of the molecule is CC(C)C1(C(C)(C)C)CCC(n2cc(C(=O)Nc3ccccc3)nn2)CC1. The van der Waals surface area contributed by atoms with Crippen LogP contribution in [0.25, 0.3) is 0 Å². The van der Waals surface area contributed by atoms with Crippen molar-refractivity contribution in [2.45, 2.75) is 66.3 Å². The number of amides is 1. The molecule has 146 valence electrons. The summed E-state index contributed by atoms with van der Waals surface area (Å²) >= 11 is 0. The molecule has 3 rings (SSSR count). The van der Waals surface area contributed by atoms with Gasteiger partial charge < -0.3 is 5.32 Å². The summed E-state index contributed by atoms with van der Waals surface area (Å²) in [6.07, 6.45) is 6.33. The van der Waals surface area contributed by atoms with Crippen LogP contribution in [-0.4, -0.2) is 20.9 Å². The van der Waals surface area contributed by atoms with Crippen LogP contribution < -0.4 is 5.32 Å². The summed E-state index contributed by atoms with van der Waals surface area (Å²) in [7, 11) is 0. The number of hydrogen-bond acceptors (Lipinski definition) is 3. The quantitative estimate of drug-likeness (QED) is 0.793. The van der Waals surface area contributed by atoms with E-state index in [0.29, 0.717) is 23.1 Å². The first-order valence-corrected chi connectivity index (χ1v) is 10.0. The Hall–Kier alpha value is -2.17. The van der Waals surface area contributed by atoms with E-state index in [2.05, 4.69) is 50.2 Å². The molecule has 0 radical (unpaired) electrons. The van der Waals surface area contributed by atoms with Crippen LogP contribution in [0, 0.1) is 16.7 Å². The summed E-state index contributed by atoms with van der Waals surface area (Å²) in [5, 5.41) is 11.2. The summed E-state index contributed by atoms with van der Waals surface area (Å²) < 4.78 is 1.90. The van der Waals surface area contributed by atoms with Gasteiger partial charge in [-0.25, -0.2) is 4.68 Å².